The number of ether oxygens (including phenoxy) is 1. The van der Waals surface area contributed by atoms with Crippen molar-refractivity contribution in [1.82, 2.24) is 0 Å². The molecule has 88 valence electrons. The van der Waals surface area contributed by atoms with Crippen LogP contribution in [-0.4, -0.2) is 28.7 Å². The van der Waals surface area contributed by atoms with Crippen molar-refractivity contribution in [2.75, 3.05) is 0 Å². The van der Waals surface area contributed by atoms with Crippen molar-refractivity contribution < 1.29 is 14.0 Å². The van der Waals surface area contributed by atoms with Gasteiger partial charge in [0.2, 0.25) is 0 Å². The van der Waals surface area contributed by atoms with Crippen LogP contribution in [-0.2, 0) is 14.0 Å². The summed E-state index contributed by atoms with van der Waals surface area (Å²) in [5.41, 5.74) is 0. The van der Waals surface area contributed by atoms with Crippen molar-refractivity contribution in [3.63, 3.8) is 0 Å². The molecule has 0 aromatic rings. The first kappa shape index (κ1) is 16.6. The SMILES string of the molecule is C=CC.C=CC(=O)OC(CC)C(C)O[SiH3]. The fraction of sp³-hybridized carbons (Fsp3) is 0.545. The van der Waals surface area contributed by atoms with Crippen molar-refractivity contribution in [3.05, 3.63) is 25.3 Å². The predicted molar refractivity (Wildman–Crippen MR) is 66.7 cm³/mol. The maximum atomic E-state index is 10.8. The van der Waals surface area contributed by atoms with Crippen molar-refractivity contribution in [3.8, 4) is 0 Å². The predicted octanol–water partition coefficient (Wildman–Crippen LogP) is 1.37. The van der Waals surface area contributed by atoms with Gasteiger partial charge >= 0.3 is 5.97 Å². The number of hydrogen-bond acceptors (Lipinski definition) is 3. The number of carbonyl (C=O) groups excluding carboxylic acids is 1. The lowest BCUT2D eigenvalue weighted by Crippen LogP contribution is -2.29. The summed E-state index contributed by atoms with van der Waals surface area (Å²) >= 11 is 0. The Balaban J connectivity index is 0. The minimum absolute atomic E-state index is 0.00873. The minimum Gasteiger partial charge on any atom is -0.457 e. The molecule has 0 N–H and O–H groups in total. The summed E-state index contributed by atoms with van der Waals surface area (Å²) in [5, 5.41) is 0. The number of rotatable bonds is 5. The Labute approximate surface area is 95.7 Å². The second-order valence-corrected chi connectivity index (χ2v) is 3.41. The third kappa shape index (κ3) is 9.43. The van der Waals surface area contributed by atoms with E-state index < -0.39 is 0 Å². The summed E-state index contributed by atoms with van der Waals surface area (Å²) in [5.74, 6) is -0.382. The van der Waals surface area contributed by atoms with Crippen LogP contribution in [0.25, 0.3) is 0 Å². The second-order valence-electron chi connectivity index (χ2n) is 2.94. The smallest absolute Gasteiger partial charge is 0.330 e. The minimum atomic E-state index is -0.382. The Morgan fingerprint density at radius 2 is 2.00 bits per heavy atom. The highest BCUT2D eigenvalue weighted by molar-refractivity contribution is 5.98. The Kier molecular flexibility index (Phi) is 12.4. The molecule has 2 unspecified atom stereocenters. The van der Waals surface area contributed by atoms with Crippen molar-refractivity contribution in [2.24, 2.45) is 0 Å². The largest absolute Gasteiger partial charge is 0.457 e. The van der Waals surface area contributed by atoms with Crippen LogP contribution in [0, 0.1) is 0 Å². The first-order valence-electron chi connectivity index (χ1n) is 5.00. The molecule has 0 fully saturated rings. The Bertz CT molecular complexity index is 192. The Morgan fingerprint density at radius 1 is 1.53 bits per heavy atom. The van der Waals surface area contributed by atoms with E-state index in [9.17, 15) is 4.79 Å². The molecule has 0 heterocycles. The Morgan fingerprint density at radius 3 is 2.27 bits per heavy atom. The van der Waals surface area contributed by atoms with Gasteiger partial charge in [0.05, 0.1) is 6.10 Å². The van der Waals surface area contributed by atoms with Gasteiger partial charge in [-0.15, -0.1) is 6.58 Å². The lowest BCUT2D eigenvalue weighted by molar-refractivity contribution is -0.147. The molecule has 3 nitrogen and oxygen atoms in total. The third-order valence-electron chi connectivity index (χ3n) is 1.73. The molecule has 0 bridgehead atoms. The molecular weight excluding hydrogens is 208 g/mol. The quantitative estimate of drug-likeness (QED) is 0.310. The lowest BCUT2D eigenvalue weighted by atomic mass is 10.2. The highest BCUT2D eigenvalue weighted by Gasteiger charge is 2.17. The molecule has 0 saturated heterocycles. The molecule has 2 atom stereocenters. The van der Waals surface area contributed by atoms with Gasteiger partial charge in [-0.2, -0.15) is 0 Å². The zero-order valence-electron chi connectivity index (χ0n) is 10.2. The van der Waals surface area contributed by atoms with Crippen LogP contribution < -0.4 is 0 Å². The summed E-state index contributed by atoms with van der Waals surface area (Å²) < 4.78 is 10.2. The van der Waals surface area contributed by atoms with Crippen LogP contribution in [0.5, 0.6) is 0 Å². The van der Waals surface area contributed by atoms with Gasteiger partial charge in [0.25, 0.3) is 0 Å². The molecule has 0 aliphatic carbocycles. The molecule has 15 heavy (non-hydrogen) atoms. The number of esters is 1. The van der Waals surface area contributed by atoms with Gasteiger partial charge in [-0.3, -0.25) is 0 Å². The van der Waals surface area contributed by atoms with E-state index in [1.165, 1.54) is 6.08 Å². The molecule has 0 aliphatic heterocycles. The first-order valence-corrected chi connectivity index (χ1v) is 5.81. The van der Waals surface area contributed by atoms with E-state index in [0.29, 0.717) is 10.5 Å². The molecule has 0 aromatic carbocycles. The highest BCUT2D eigenvalue weighted by Crippen LogP contribution is 2.07. The highest BCUT2D eigenvalue weighted by atomic mass is 28.2. The molecule has 0 amide bonds. The maximum absolute atomic E-state index is 10.8. The molecule has 4 heteroatoms. The molecular formula is C11H22O3Si. The maximum Gasteiger partial charge on any atom is 0.330 e. The van der Waals surface area contributed by atoms with Crippen LogP contribution in [0.15, 0.2) is 25.3 Å². The second kappa shape index (κ2) is 11.2. The average molecular weight is 230 g/mol. The van der Waals surface area contributed by atoms with E-state index in [4.69, 9.17) is 9.16 Å². The summed E-state index contributed by atoms with van der Waals surface area (Å²) in [6.07, 6.45) is 3.53. The zero-order valence-corrected chi connectivity index (χ0v) is 12.2. The summed E-state index contributed by atoms with van der Waals surface area (Å²) in [4.78, 5) is 10.8. The summed E-state index contributed by atoms with van der Waals surface area (Å²) in [6, 6.07) is 0. The Hall–Kier alpha value is -0.873. The summed E-state index contributed by atoms with van der Waals surface area (Å²) in [7, 11) is 0.660. The topological polar surface area (TPSA) is 35.5 Å². The van der Waals surface area contributed by atoms with E-state index in [0.717, 1.165) is 6.42 Å². The molecule has 0 aromatic heterocycles. The first-order chi connectivity index (χ1) is 7.06. The lowest BCUT2D eigenvalue weighted by Gasteiger charge is -2.21. The zero-order chi connectivity index (χ0) is 12.3. The number of allylic oxidation sites excluding steroid dienone is 1. The normalized spacial score (nSPS) is 13.0. The van der Waals surface area contributed by atoms with Gasteiger partial charge in [0, 0.05) is 6.08 Å². The molecule has 0 spiro atoms. The fourth-order valence-corrected chi connectivity index (χ4v) is 1.16. The molecule has 0 saturated carbocycles. The fourth-order valence-electron chi connectivity index (χ4n) is 0.860. The monoisotopic (exact) mass is 230 g/mol. The van der Waals surface area contributed by atoms with Crippen molar-refractivity contribution >= 4 is 16.5 Å². The standard InChI is InChI=1S/C8H16O3Si.C3H6/c1-4-7(6(3)11-12)10-8(9)5-2;1-3-2/h5-7H,2,4H2,1,3,12H3;3H,1H2,2H3. The van der Waals surface area contributed by atoms with Gasteiger partial charge in [-0.25, -0.2) is 4.79 Å². The van der Waals surface area contributed by atoms with Gasteiger partial charge in [0.15, 0.2) is 0 Å². The van der Waals surface area contributed by atoms with Gasteiger partial charge in [-0.1, -0.05) is 19.6 Å². The number of carbonyl (C=O) groups is 1. The molecule has 0 rings (SSSR count). The molecule has 0 radical (unpaired) electrons. The molecule has 0 aliphatic rings. The van der Waals surface area contributed by atoms with Crippen LogP contribution in [0.3, 0.4) is 0 Å². The third-order valence-corrected chi connectivity index (χ3v) is 2.48. The van der Waals surface area contributed by atoms with Crippen LogP contribution in [0.4, 0.5) is 0 Å². The summed E-state index contributed by atoms with van der Waals surface area (Å²) in [6.45, 7) is 12.4. The van der Waals surface area contributed by atoms with E-state index in [1.807, 2.05) is 20.8 Å². The van der Waals surface area contributed by atoms with Crippen LogP contribution in [0.1, 0.15) is 27.2 Å². The van der Waals surface area contributed by atoms with E-state index >= 15 is 0 Å². The van der Waals surface area contributed by atoms with Gasteiger partial charge < -0.3 is 9.16 Å². The average Bonchev–Trinajstić information content (AvgIpc) is 2.25. The van der Waals surface area contributed by atoms with Crippen molar-refractivity contribution in [2.45, 2.75) is 39.4 Å². The van der Waals surface area contributed by atoms with Crippen LogP contribution in [0.2, 0.25) is 0 Å². The van der Waals surface area contributed by atoms with Crippen molar-refractivity contribution in [1.29, 1.82) is 0 Å². The van der Waals surface area contributed by atoms with Gasteiger partial charge in [0.1, 0.15) is 16.6 Å². The van der Waals surface area contributed by atoms with Crippen LogP contribution >= 0.6 is 0 Å². The van der Waals surface area contributed by atoms with E-state index in [2.05, 4.69) is 13.2 Å². The van der Waals surface area contributed by atoms with E-state index in [1.54, 1.807) is 6.08 Å². The number of hydrogen-bond donors (Lipinski definition) is 0. The van der Waals surface area contributed by atoms with Gasteiger partial charge in [-0.05, 0) is 20.3 Å². The van der Waals surface area contributed by atoms with E-state index in [-0.39, 0.29) is 18.2 Å².